The van der Waals surface area contributed by atoms with Gasteiger partial charge in [0.15, 0.2) is 5.65 Å². The van der Waals surface area contributed by atoms with Gasteiger partial charge in [-0.2, -0.15) is 14.9 Å². The van der Waals surface area contributed by atoms with Gasteiger partial charge in [-0.05, 0) is 22.9 Å². The standard InChI is InChI=1S/C8H6BrN5/c1-4-6(9)8-12-3-5(2-10)7(11)14(8)13-4/h3H,11H2,1H3. The molecule has 0 amide bonds. The van der Waals surface area contributed by atoms with Crippen LogP contribution >= 0.6 is 15.9 Å². The van der Waals surface area contributed by atoms with Gasteiger partial charge in [0.2, 0.25) is 0 Å². The molecule has 2 heterocycles. The largest absolute Gasteiger partial charge is 0.382 e. The third-order valence-electron chi connectivity index (χ3n) is 1.91. The molecule has 0 aliphatic carbocycles. The Balaban J connectivity index is 2.92. The molecule has 0 aliphatic rings. The quantitative estimate of drug-likeness (QED) is 0.765. The first-order chi connectivity index (χ1) is 6.65. The number of nitrogens with zero attached hydrogens (tertiary/aromatic N) is 4. The maximum Gasteiger partial charge on any atom is 0.172 e. The fourth-order valence-electron chi connectivity index (χ4n) is 1.17. The van der Waals surface area contributed by atoms with Crippen molar-refractivity contribution in [2.24, 2.45) is 0 Å². The minimum atomic E-state index is 0.311. The van der Waals surface area contributed by atoms with Crippen LogP contribution < -0.4 is 5.73 Å². The third-order valence-corrected chi connectivity index (χ3v) is 2.83. The lowest BCUT2D eigenvalue weighted by atomic mass is 10.3. The summed E-state index contributed by atoms with van der Waals surface area (Å²) in [5, 5.41) is 12.9. The van der Waals surface area contributed by atoms with Crippen LogP contribution in [0.1, 0.15) is 11.3 Å². The molecule has 2 aromatic heterocycles. The average Bonchev–Trinajstić information content (AvgIpc) is 2.46. The molecule has 0 saturated heterocycles. The molecule has 0 bridgehead atoms. The molecule has 0 radical (unpaired) electrons. The number of nitrogens with two attached hydrogens (primary N) is 1. The molecule has 0 spiro atoms. The lowest BCUT2D eigenvalue weighted by Gasteiger charge is -1.99. The number of aryl methyl sites for hydroxylation is 1. The second-order valence-corrected chi connectivity index (χ2v) is 3.60. The van der Waals surface area contributed by atoms with E-state index in [1.165, 1.54) is 10.7 Å². The van der Waals surface area contributed by atoms with Crippen molar-refractivity contribution in [1.82, 2.24) is 14.6 Å². The van der Waals surface area contributed by atoms with Crippen LogP contribution in [0, 0.1) is 18.3 Å². The first-order valence-electron chi connectivity index (χ1n) is 3.84. The summed E-state index contributed by atoms with van der Waals surface area (Å²) in [4.78, 5) is 4.08. The van der Waals surface area contributed by atoms with Crippen molar-refractivity contribution in [1.29, 1.82) is 5.26 Å². The van der Waals surface area contributed by atoms with Crippen molar-refractivity contribution in [2.75, 3.05) is 5.73 Å². The lowest BCUT2D eigenvalue weighted by molar-refractivity contribution is 0.925. The molecule has 70 valence electrons. The number of nitriles is 1. The second-order valence-electron chi connectivity index (χ2n) is 2.80. The molecule has 14 heavy (non-hydrogen) atoms. The Morgan fingerprint density at radius 3 is 3.00 bits per heavy atom. The zero-order valence-corrected chi connectivity index (χ0v) is 8.91. The second kappa shape index (κ2) is 2.96. The van der Waals surface area contributed by atoms with E-state index >= 15 is 0 Å². The average molecular weight is 252 g/mol. The highest BCUT2D eigenvalue weighted by Gasteiger charge is 2.11. The van der Waals surface area contributed by atoms with E-state index in [4.69, 9.17) is 11.0 Å². The summed E-state index contributed by atoms with van der Waals surface area (Å²) >= 11 is 3.35. The highest BCUT2D eigenvalue weighted by Crippen LogP contribution is 2.22. The Morgan fingerprint density at radius 2 is 2.36 bits per heavy atom. The summed E-state index contributed by atoms with van der Waals surface area (Å²) in [7, 11) is 0. The Hall–Kier alpha value is -1.61. The smallest absolute Gasteiger partial charge is 0.172 e. The molecule has 5 nitrogen and oxygen atoms in total. The van der Waals surface area contributed by atoms with E-state index in [2.05, 4.69) is 26.0 Å². The van der Waals surface area contributed by atoms with Crippen LogP contribution in [-0.2, 0) is 0 Å². The van der Waals surface area contributed by atoms with E-state index in [0.29, 0.717) is 17.0 Å². The molecule has 2 N–H and O–H groups in total. The molecule has 0 aliphatic heterocycles. The number of aromatic nitrogens is 3. The zero-order valence-electron chi connectivity index (χ0n) is 7.32. The molecule has 2 aromatic rings. The molecule has 6 heteroatoms. The monoisotopic (exact) mass is 251 g/mol. The molecular weight excluding hydrogens is 246 g/mol. The van der Waals surface area contributed by atoms with Gasteiger partial charge in [0, 0.05) is 0 Å². The third kappa shape index (κ3) is 1.06. The SMILES string of the molecule is Cc1nn2c(N)c(C#N)cnc2c1Br. The Bertz CT molecular complexity index is 551. The zero-order chi connectivity index (χ0) is 10.3. The van der Waals surface area contributed by atoms with Crippen molar-refractivity contribution in [2.45, 2.75) is 6.92 Å². The number of rotatable bonds is 0. The molecule has 0 atom stereocenters. The number of halogens is 1. The number of nitrogen functional groups attached to an aromatic ring is 1. The first-order valence-corrected chi connectivity index (χ1v) is 4.64. The number of hydrogen-bond acceptors (Lipinski definition) is 4. The van der Waals surface area contributed by atoms with Crippen LogP contribution in [0.2, 0.25) is 0 Å². The summed E-state index contributed by atoms with van der Waals surface area (Å²) in [6.07, 6.45) is 1.44. The Labute approximate surface area is 88.3 Å². The fourth-order valence-corrected chi connectivity index (χ4v) is 1.52. The van der Waals surface area contributed by atoms with Gasteiger partial charge in [0.25, 0.3) is 0 Å². The van der Waals surface area contributed by atoms with Crippen LogP contribution in [0.3, 0.4) is 0 Å². The van der Waals surface area contributed by atoms with Crippen molar-refractivity contribution >= 4 is 27.4 Å². The Kier molecular flexibility index (Phi) is 1.89. The minimum absolute atomic E-state index is 0.311. The predicted molar refractivity (Wildman–Crippen MR) is 54.6 cm³/mol. The van der Waals surface area contributed by atoms with Crippen molar-refractivity contribution in [3.63, 3.8) is 0 Å². The van der Waals surface area contributed by atoms with E-state index < -0.39 is 0 Å². The molecular formula is C8H6BrN5. The topological polar surface area (TPSA) is 80.0 Å². The van der Waals surface area contributed by atoms with Gasteiger partial charge in [-0.1, -0.05) is 0 Å². The summed E-state index contributed by atoms with van der Waals surface area (Å²) in [5.74, 6) is 0.311. The first kappa shape index (κ1) is 8.97. The fraction of sp³-hybridized carbons (Fsp3) is 0.125. The van der Waals surface area contributed by atoms with Crippen molar-refractivity contribution in [3.05, 3.63) is 21.9 Å². The predicted octanol–water partition coefficient (Wildman–Crippen LogP) is 1.25. The van der Waals surface area contributed by atoms with Crippen molar-refractivity contribution in [3.8, 4) is 6.07 Å². The highest BCUT2D eigenvalue weighted by atomic mass is 79.9. The minimum Gasteiger partial charge on any atom is -0.382 e. The molecule has 0 unspecified atom stereocenters. The molecule has 0 aromatic carbocycles. The van der Waals surface area contributed by atoms with Gasteiger partial charge >= 0.3 is 0 Å². The number of hydrogen-bond donors (Lipinski definition) is 1. The maximum atomic E-state index is 8.73. The van der Waals surface area contributed by atoms with Crippen LogP contribution in [0.25, 0.3) is 5.65 Å². The van der Waals surface area contributed by atoms with Gasteiger partial charge in [0.05, 0.1) is 16.4 Å². The Morgan fingerprint density at radius 1 is 1.64 bits per heavy atom. The van der Waals surface area contributed by atoms with Gasteiger partial charge in [0.1, 0.15) is 17.5 Å². The molecule has 0 fully saturated rings. The summed E-state index contributed by atoms with van der Waals surface area (Å²) in [6, 6.07) is 1.95. The summed E-state index contributed by atoms with van der Waals surface area (Å²) in [6.45, 7) is 1.84. The molecule has 2 rings (SSSR count). The highest BCUT2D eigenvalue weighted by molar-refractivity contribution is 9.10. The van der Waals surface area contributed by atoms with E-state index in [0.717, 1.165) is 10.2 Å². The van der Waals surface area contributed by atoms with Crippen molar-refractivity contribution < 1.29 is 0 Å². The lowest BCUT2D eigenvalue weighted by Crippen LogP contribution is -2.02. The van der Waals surface area contributed by atoms with Gasteiger partial charge in [-0.3, -0.25) is 0 Å². The van der Waals surface area contributed by atoms with E-state index in [1.54, 1.807) is 0 Å². The normalized spacial score (nSPS) is 10.4. The maximum absolute atomic E-state index is 8.73. The van der Waals surface area contributed by atoms with E-state index in [-0.39, 0.29) is 0 Å². The number of anilines is 1. The van der Waals surface area contributed by atoms with E-state index in [9.17, 15) is 0 Å². The summed E-state index contributed by atoms with van der Waals surface area (Å²) < 4.78 is 2.26. The van der Waals surface area contributed by atoms with Crippen LogP contribution in [0.4, 0.5) is 5.82 Å². The van der Waals surface area contributed by atoms with E-state index in [1.807, 2.05) is 13.0 Å². The van der Waals surface area contributed by atoms with Gasteiger partial charge < -0.3 is 5.73 Å². The van der Waals surface area contributed by atoms with Gasteiger partial charge in [-0.15, -0.1) is 0 Å². The van der Waals surface area contributed by atoms with Crippen LogP contribution in [0.5, 0.6) is 0 Å². The van der Waals surface area contributed by atoms with Gasteiger partial charge in [-0.25, -0.2) is 4.98 Å². The van der Waals surface area contributed by atoms with Crippen LogP contribution in [0.15, 0.2) is 10.7 Å². The number of fused-ring (bicyclic) bond motifs is 1. The summed E-state index contributed by atoms with van der Waals surface area (Å²) in [5.41, 5.74) is 7.47. The van der Waals surface area contributed by atoms with Crippen LogP contribution in [-0.4, -0.2) is 14.6 Å². The molecule has 0 saturated carbocycles.